The second-order valence-electron chi connectivity index (χ2n) is 8.39. The molecule has 250 valence electrons. The third-order valence-electron chi connectivity index (χ3n) is 4.62. The van der Waals surface area contributed by atoms with E-state index in [1.54, 1.807) is 67.8 Å². The van der Waals surface area contributed by atoms with Crippen LogP contribution in [0.25, 0.3) is 0 Å². The smallest absolute Gasteiger partial charge is 0.409 e. The van der Waals surface area contributed by atoms with Crippen molar-refractivity contribution < 1.29 is 67.5 Å². The number of rotatable bonds is 13. The fraction of sp³-hybridized carbons (Fsp3) is 0.417. The zero-order valence-electron chi connectivity index (χ0n) is 24.0. The summed E-state index contributed by atoms with van der Waals surface area (Å²) in [4.78, 5) is 92.5. The summed E-state index contributed by atoms with van der Waals surface area (Å²) in [7, 11) is 0. The number of anilines is 1. The maximum atomic E-state index is 13.5. The van der Waals surface area contributed by atoms with Crippen LogP contribution in [0.15, 0.2) is 0 Å². The molecule has 0 saturated heterocycles. The fourth-order valence-corrected chi connectivity index (χ4v) is 7.34. The molecule has 1 aromatic carbocycles. The monoisotopic (exact) mass is 978 g/mol. The number of esters is 4. The summed E-state index contributed by atoms with van der Waals surface area (Å²) in [6.07, 6.45) is -2.80. The van der Waals surface area contributed by atoms with E-state index in [-0.39, 0.29) is 54.0 Å². The van der Waals surface area contributed by atoms with Crippen molar-refractivity contribution in [3.63, 3.8) is 0 Å². The first-order valence-corrected chi connectivity index (χ1v) is 15.4. The number of nitrogens with two attached hydrogens (primary N) is 1. The number of benzene rings is 1. The van der Waals surface area contributed by atoms with Crippen LogP contribution in [-0.4, -0.2) is 96.6 Å². The number of carbonyl (C=O) groups is 8. The Morgan fingerprint density at radius 2 is 0.889 bits per heavy atom. The molecule has 0 atom stereocenters. The third kappa shape index (κ3) is 16.6. The van der Waals surface area contributed by atoms with Gasteiger partial charge in [0.25, 0.3) is 11.8 Å². The first-order valence-electron chi connectivity index (χ1n) is 12.1. The van der Waals surface area contributed by atoms with Crippen molar-refractivity contribution in [2.45, 2.75) is 39.8 Å². The molecule has 0 aliphatic heterocycles. The highest BCUT2D eigenvalue weighted by Crippen LogP contribution is 2.36. The van der Waals surface area contributed by atoms with Crippen molar-refractivity contribution in [1.82, 2.24) is 10.6 Å². The maximum Gasteiger partial charge on any atom is 0.409 e. The van der Waals surface area contributed by atoms with Gasteiger partial charge in [0.05, 0.1) is 36.0 Å². The SMILES string of the molecule is CC(=O)OCC(COC(C)=O)NC(=O)c1c(I)c(NC(=O)O)c(I)c(C(=O)NC(COC(C)=O)COC(C)=O)c1I.NC(=O)O. The molecule has 1 aromatic rings. The van der Waals surface area contributed by atoms with Crippen molar-refractivity contribution >= 4 is 121 Å². The predicted octanol–water partition coefficient (Wildman–Crippen LogP) is 1.66. The van der Waals surface area contributed by atoms with Gasteiger partial charge in [-0.1, -0.05) is 0 Å². The quantitative estimate of drug-likeness (QED) is 0.0933. The van der Waals surface area contributed by atoms with Gasteiger partial charge in [-0.15, -0.1) is 0 Å². The number of carbonyl (C=O) groups excluding carboxylic acids is 6. The average Bonchev–Trinajstić information content (AvgIpc) is 2.88. The lowest BCUT2D eigenvalue weighted by Gasteiger charge is -2.23. The van der Waals surface area contributed by atoms with Gasteiger partial charge in [-0.05, 0) is 67.8 Å². The van der Waals surface area contributed by atoms with Crippen molar-refractivity contribution in [2.75, 3.05) is 31.7 Å². The molecule has 0 saturated carbocycles. The molecule has 0 radical (unpaired) electrons. The molecule has 0 fully saturated rings. The van der Waals surface area contributed by atoms with Crippen LogP contribution in [0.2, 0.25) is 0 Å². The van der Waals surface area contributed by atoms with Gasteiger partial charge in [0.1, 0.15) is 26.4 Å². The van der Waals surface area contributed by atoms with Crippen molar-refractivity contribution in [2.24, 2.45) is 5.73 Å². The van der Waals surface area contributed by atoms with Crippen LogP contribution < -0.4 is 21.7 Å². The van der Waals surface area contributed by atoms with E-state index >= 15 is 0 Å². The Kier molecular flexibility index (Phi) is 19.2. The number of primary amides is 1. The zero-order valence-corrected chi connectivity index (χ0v) is 30.5. The summed E-state index contributed by atoms with van der Waals surface area (Å²) in [5.74, 6) is -4.16. The summed E-state index contributed by atoms with van der Waals surface area (Å²) >= 11 is 5.24. The lowest BCUT2D eigenvalue weighted by atomic mass is 10.1. The minimum Gasteiger partial charge on any atom is -0.465 e. The van der Waals surface area contributed by atoms with Crippen LogP contribution in [0.3, 0.4) is 0 Å². The minimum atomic E-state index is -1.47. The maximum absolute atomic E-state index is 13.5. The predicted molar refractivity (Wildman–Crippen MR) is 177 cm³/mol. The molecule has 0 aromatic heterocycles. The molecule has 7 N–H and O–H groups in total. The van der Waals surface area contributed by atoms with Crippen LogP contribution in [-0.2, 0) is 38.1 Å². The van der Waals surface area contributed by atoms with Gasteiger partial charge in [-0.2, -0.15) is 0 Å². The van der Waals surface area contributed by atoms with Crippen LogP contribution >= 0.6 is 67.8 Å². The largest absolute Gasteiger partial charge is 0.465 e. The Bertz CT molecular complexity index is 1200. The molecule has 45 heavy (non-hydrogen) atoms. The van der Waals surface area contributed by atoms with Crippen molar-refractivity contribution in [3.8, 4) is 0 Å². The highest BCUT2D eigenvalue weighted by atomic mass is 127. The van der Waals surface area contributed by atoms with Gasteiger partial charge < -0.3 is 45.5 Å². The molecule has 18 nitrogen and oxygen atoms in total. The van der Waals surface area contributed by atoms with Gasteiger partial charge in [-0.3, -0.25) is 34.1 Å². The fourth-order valence-electron chi connectivity index (χ4n) is 2.93. The van der Waals surface area contributed by atoms with E-state index < -0.39 is 60.0 Å². The normalized spacial score (nSPS) is 10.1. The Hall–Kier alpha value is -3.23. The molecule has 0 unspecified atom stereocenters. The van der Waals surface area contributed by atoms with Crippen molar-refractivity contribution in [3.05, 3.63) is 21.8 Å². The van der Waals surface area contributed by atoms with Gasteiger partial charge >= 0.3 is 36.1 Å². The Labute approximate surface area is 296 Å². The standard InChI is InChI=1S/C23H26I3N3O12.CH3NO2/c1-9(30)38-5-13(6-39-10(2)31)27-21(34)15-17(24)16(19(26)20(18(15)25)29-23(36)37)22(35)28-14(7-40-11(3)32)8-41-12(4)33;2-1(3)4/h13-14,29H,5-8H2,1-4H3,(H,27,34)(H,28,35)(H,36,37);2H2,(H,3,4). The van der Waals surface area contributed by atoms with E-state index in [0.717, 1.165) is 27.7 Å². The van der Waals surface area contributed by atoms with E-state index in [1.165, 1.54) is 0 Å². The molecular weight excluding hydrogens is 949 g/mol. The van der Waals surface area contributed by atoms with E-state index in [1.807, 2.05) is 0 Å². The molecule has 0 spiro atoms. The van der Waals surface area contributed by atoms with Crippen LogP contribution in [0.5, 0.6) is 0 Å². The summed E-state index contributed by atoms with van der Waals surface area (Å²) in [6, 6.07) is -1.96. The first-order chi connectivity index (χ1) is 20.8. The van der Waals surface area contributed by atoms with Gasteiger partial charge in [0.2, 0.25) is 0 Å². The molecule has 0 heterocycles. The Morgan fingerprint density at radius 3 is 1.11 bits per heavy atom. The summed E-state index contributed by atoms with van der Waals surface area (Å²) < 4.78 is 20.1. The number of nitrogens with one attached hydrogen (secondary N) is 3. The van der Waals surface area contributed by atoms with E-state index in [2.05, 4.69) is 21.7 Å². The Balaban J connectivity index is 0.00000454. The number of halogens is 3. The van der Waals surface area contributed by atoms with Crippen LogP contribution in [0.1, 0.15) is 48.4 Å². The molecule has 0 aliphatic carbocycles. The van der Waals surface area contributed by atoms with E-state index in [9.17, 15) is 38.7 Å². The van der Waals surface area contributed by atoms with Crippen molar-refractivity contribution in [1.29, 1.82) is 0 Å². The molecule has 0 aliphatic rings. The zero-order chi connectivity index (χ0) is 35.0. The van der Waals surface area contributed by atoms with Crippen LogP contribution in [0, 0.1) is 10.7 Å². The summed E-state index contributed by atoms with van der Waals surface area (Å²) in [6.45, 7) is 3.25. The van der Waals surface area contributed by atoms with Gasteiger partial charge in [-0.25, -0.2) is 9.59 Å². The first kappa shape index (κ1) is 41.8. The minimum absolute atomic E-state index is 0.0672. The molecule has 4 amide bonds. The molecule has 1 rings (SSSR count). The van der Waals surface area contributed by atoms with E-state index in [0.29, 0.717) is 0 Å². The number of hydrogen-bond acceptors (Lipinski definition) is 12. The van der Waals surface area contributed by atoms with Crippen LogP contribution in [0.4, 0.5) is 15.3 Å². The Morgan fingerprint density at radius 1 is 0.622 bits per heavy atom. The second kappa shape index (κ2) is 20.7. The van der Waals surface area contributed by atoms with Gasteiger partial charge in [0.15, 0.2) is 0 Å². The molecular formula is C24H29I3N4O14. The third-order valence-corrected chi connectivity index (χ3v) is 7.86. The lowest BCUT2D eigenvalue weighted by molar-refractivity contribution is -0.146. The number of ether oxygens (including phenoxy) is 4. The molecule has 0 bridgehead atoms. The summed E-state index contributed by atoms with van der Waals surface area (Å²) in [5, 5.41) is 23.9. The van der Waals surface area contributed by atoms with Gasteiger partial charge in [0, 0.05) is 31.3 Å². The van der Waals surface area contributed by atoms with E-state index in [4.69, 9.17) is 28.8 Å². The second-order valence-corrected chi connectivity index (χ2v) is 11.6. The summed E-state index contributed by atoms with van der Waals surface area (Å²) in [5.41, 5.74) is 3.75. The average molecular weight is 978 g/mol. The number of hydrogen-bond donors (Lipinski definition) is 6. The highest BCUT2D eigenvalue weighted by Gasteiger charge is 2.31. The highest BCUT2D eigenvalue weighted by molar-refractivity contribution is 14.1. The topological polar surface area (TPSA) is 276 Å². The lowest BCUT2D eigenvalue weighted by Crippen LogP contribution is -2.44. The number of amides is 4. The molecule has 21 heteroatoms. The number of carboxylic acid groups (broad SMARTS) is 2.